The second-order valence-electron chi connectivity index (χ2n) is 4.08. The van der Waals surface area contributed by atoms with Crippen molar-refractivity contribution in [3.63, 3.8) is 0 Å². The summed E-state index contributed by atoms with van der Waals surface area (Å²) in [5.74, 6) is -14.7. The summed E-state index contributed by atoms with van der Waals surface area (Å²) in [7, 11) is 0. The van der Waals surface area contributed by atoms with Gasteiger partial charge in [-0.15, -0.1) is 0 Å². The second kappa shape index (κ2) is 5.97. The Morgan fingerprint density at radius 1 is 0.824 bits per heavy atom. The first-order chi connectivity index (χ1) is 7.56. The molecule has 7 heteroatoms. The number of unbranched alkanes of at least 4 members (excludes halogenated alkanes) is 4. The van der Waals surface area contributed by atoms with Gasteiger partial charge < -0.3 is 15.3 Å². The van der Waals surface area contributed by atoms with Crippen LogP contribution in [-0.4, -0.2) is 33.1 Å². The van der Waals surface area contributed by atoms with Crippen molar-refractivity contribution in [1.82, 2.24) is 0 Å². The van der Waals surface area contributed by atoms with E-state index in [9.17, 15) is 17.6 Å². The van der Waals surface area contributed by atoms with Crippen molar-refractivity contribution in [2.24, 2.45) is 0 Å². The average molecular weight is 262 g/mol. The minimum atomic E-state index is -5.29. The lowest BCUT2D eigenvalue weighted by Gasteiger charge is -2.32. The lowest BCUT2D eigenvalue weighted by molar-refractivity contribution is -0.445. The van der Waals surface area contributed by atoms with Crippen molar-refractivity contribution in [3.05, 3.63) is 0 Å². The highest BCUT2D eigenvalue weighted by Crippen LogP contribution is 2.43. The van der Waals surface area contributed by atoms with Crippen molar-refractivity contribution >= 4 is 0 Å². The molecule has 0 unspecified atom stereocenters. The zero-order valence-electron chi connectivity index (χ0n) is 9.60. The third-order valence-electron chi connectivity index (χ3n) is 2.47. The van der Waals surface area contributed by atoms with Gasteiger partial charge in [0.15, 0.2) is 0 Å². The summed E-state index contributed by atoms with van der Waals surface area (Å²) in [6, 6.07) is 0. The Kier molecular flexibility index (Phi) is 5.83. The fourth-order valence-electron chi connectivity index (χ4n) is 1.35. The maximum atomic E-state index is 13.0. The van der Waals surface area contributed by atoms with E-state index >= 15 is 0 Å². The van der Waals surface area contributed by atoms with Gasteiger partial charge in [-0.1, -0.05) is 32.6 Å². The molecule has 0 spiro atoms. The third kappa shape index (κ3) is 4.40. The number of halogens is 4. The Balaban J connectivity index is 4.28. The summed E-state index contributed by atoms with van der Waals surface area (Å²) in [5.41, 5.74) is 0. The molecule has 3 nitrogen and oxygen atoms in total. The Bertz CT molecular complexity index is 226. The van der Waals surface area contributed by atoms with Crippen LogP contribution in [0.2, 0.25) is 0 Å². The van der Waals surface area contributed by atoms with Gasteiger partial charge in [0.25, 0.3) is 0 Å². The van der Waals surface area contributed by atoms with Crippen molar-refractivity contribution in [1.29, 1.82) is 0 Å². The predicted octanol–water partition coefficient (Wildman–Crippen LogP) is 2.25. The van der Waals surface area contributed by atoms with Crippen LogP contribution in [0.25, 0.3) is 0 Å². The van der Waals surface area contributed by atoms with Gasteiger partial charge in [0.2, 0.25) is 0 Å². The zero-order valence-corrected chi connectivity index (χ0v) is 9.60. The van der Waals surface area contributed by atoms with Crippen LogP contribution in [0.15, 0.2) is 0 Å². The maximum Gasteiger partial charge on any atom is 0.388 e. The van der Waals surface area contributed by atoms with Crippen LogP contribution in [0.1, 0.15) is 45.4 Å². The van der Waals surface area contributed by atoms with Crippen LogP contribution in [0.3, 0.4) is 0 Å². The maximum absolute atomic E-state index is 13.0. The Morgan fingerprint density at radius 3 is 1.71 bits per heavy atom. The molecule has 104 valence electrons. The molecule has 0 rings (SSSR count). The molecule has 17 heavy (non-hydrogen) atoms. The summed E-state index contributed by atoms with van der Waals surface area (Å²) in [6.07, 6.45) is 1.35. The Morgan fingerprint density at radius 2 is 1.29 bits per heavy atom. The molecule has 0 radical (unpaired) electrons. The van der Waals surface area contributed by atoms with Crippen molar-refractivity contribution in [3.8, 4) is 0 Å². The summed E-state index contributed by atoms with van der Waals surface area (Å²) in [4.78, 5) is 0. The van der Waals surface area contributed by atoms with E-state index in [2.05, 4.69) is 0 Å². The molecule has 0 aromatic heterocycles. The highest BCUT2D eigenvalue weighted by atomic mass is 19.3. The van der Waals surface area contributed by atoms with E-state index in [1.54, 1.807) is 0 Å². The summed E-state index contributed by atoms with van der Waals surface area (Å²) in [6.45, 7) is 1.92. The second-order valence-corrected chi connectivity index (χ2v) is 4.08. The highest BCUT2D eigenvalue weighted by Gasteiger charge is 2.68. The van der Waals surface area contributed by atoms with E-state index < -0.39 is 24.2 Å². The molecule has 0 aliphatic heterocycles. The van der Waals surface area contributed by atoms with Gasteiger partial charge in [-0.3, -0.25) is 0 Å². The predicted molar refractivity (Wildman–Crippen MR) is 52.7 cm³/mol. The minimum absolute atomic E-state index is 0.168. The molecular formula is C10H18F4O3. The van der Waals surface area contributed by atoms with E-state index in [1.807, 2.05) is 6.92 Å². The van der Waals surface area contributed by atoms with Gasteiger partial charge in [-0.25, -0.2) is 0 Å². The van der Waals surface area contributed by atoms with Crippen molar-refractivity contribution < 1.29 is 32.9 Å². The monoisotopic (exact) mass is 262 g/mol. The number of alkyl halides is 4. The minimum Gasteiger partial charge on any atom is -0.339 e. The lowest BCUT2D eigenvalue weighted by Crippen LogP contribution is -2.58. The van der Waals surface area contributed by atoms with E-state index in [0.717, 1.165) is 12.8 Å². The number of hydrogen-bond donors (Lipinski definition) is 3. The lowest BCUT2D eigenvalue weighted by atomic mass is 10.0. The Hall–Kier alpha value is -0.400. The average Bonchev–Trinajstić information content (AvgIpc) is 2.15. The molecule has 0 aliphatic rings. The normalized spacial score (nSPS) is 14.1. The molecule has 0 bridgehead atoms. The van der Waals surface area contributed by atoms with Gasteiger partial charge in [0.05, 0.1) is 0 Å². The van der Waals surface area contributed by atoms with E-state index in [4.69, 9.17) is 15.3 Å². The SMILES string of the molecule is CCCCCCCC(F)(F)C(F)(F)C(O)(O)O. The van der Waals surface area contributed by atoms with Gasteiger partial charge >= 0.3 is 17.8 Å². The van der Waals surface area contributed by atoms with E-state index in [-0.39, 0.29) is 6.42 Å². The first-order valence-electron chi connectivity index (χ1n) is 5.49. The smallest absolute Gasteiger partial charge is 0.339 e. The van der Waals surface area contributed by atoms with Crippen LogP contribution in [-0.2, 0) is 0 Å². The molecular weight excluding hydrogens is 244 g/mol. The first kappa shape index (κ1) is 16.6. The van der Waals surface area contributed by atoms with E-state index in [1.165, 1.54) is 0 Å². The molecule has 0 atom stereocenters. The van der Waals surface area contributed by atoms with Crippen LogP contribution < -0.4 is 0 Å². The molecule has 0 heterocycles. The van der Waals surface area contributed by atoms with Gasteiger partial charge in [-0.05, 0) is 6.42 Å². The molecule has 0 aliphatic carbocycles. The summed E-state index contributed by atoms with van der Waals surface area (Å²) < 4.78 is 51.5. The van der Waals surface area contributed by atoms with Crippen LogP contribution >= 0.6 is 0 Å². The summed E-state index contributed by atoms with van der Waals surface area (Å²) in [5, 5.41) is 24.6. The fourth-order valence-corrected chi connectivity index (χ4v) is 1.35. The van der Waals surface area contributed by atoms with E-state index in [0.29, 0.717) is 12.8 Å². The molecule has 0 fully saturated rings. The number of hydrogen-bond acceptors (Lipinski definition) is 3. The van der Waals surface area contributed by atoms with Crippen LogP contribution in [0.4, 0.5) is 17.6 Å². The van der Waals surface area contributed by atoms with Gasteiger partial charge in [0.1, 0.15) is 0 Å². The highest BCUT2D eigenvalue weighted by molar-refractivity contribution is 4.89. The molecule has 0 saturated carbocycles. The van der Waals surface area contributed by atoms with Crippen molar-refractivity contribution in [2.75, 3.05) is 0 Å². The molecule has 0 saturated heterocycles. The molecule has 0 aromatic carbocycles. The first-order valence-corrected chi connectivity index (χ1v) is 5.49. The molecule has 0 amide bonds. The quantitative estimate of drug-likeness (QED) is 0.357. The largest absolute Gasteiger partial charge is 0.388 e. The van der Waals surface area contributed by atoms with Gasteiger partial charge in [-0.2, -0.15) is 17.6 Å². The molecule has 0 aromatic rings. The number of rotatable bonds is 8. The van der Waals surface area contributed by atoms with Crippen molar-refractivity contribution in [2.45, 2.75) is 63.3 Å². The van der Waals surface area contributed by atoms with Gasteiger partial charge in [0, 0.05) is 6.42 Å². The van der Waals surface area contributed by atoms with Crippen LogP contribution in [0, 0.1) is 0 Å². The number of aliphatic hydroxyl groups is 3. The molecule has 3 N–H and O–H groups in total. The zero-order chi connectivity index (χ0) is 13.7. The summed E-state index contributed by atoms with van der Waals surface area (Å²) >= 11 is 0. The standard InChI is InChI=1S/C10H18F4O3/c1-2-3-4-5-6-7-8(11,12)9(13,14)10(15,16)17/h15-17H,2-7H2,1H3. The fraction of sp³-hybridized carbons (Fsp3) is 1.00. The topological polar surface area (TPSA) is 60.7 Å². The van der Waals surface area contributed by atoms with Crippen LogP contribution in [0.5, 0.6) is 0 Å². The Labute approximate surface area is 97.1 Å². The third-order valence-corrected chi connectivity index (χ3v) is 2.47.